The van der Waals surface area contributed by atoms with Crippen LogP contribution in [0.5, 0.6) is 0 Å². The third kappa shape index (κ3) is 5.45. The van der Waals surface area contributed by atoms with Crippen molar-refractivity contribution in [3.63, 3.8) is 0 Å². The first-order valence-electron chi connectivity index (χ1n) is 13.5. The van der Waals surface area contributed by atoms with Crippen LogP contribution in [0, 0.1) is 0 Å². The summed E-state index contributed by atoms with van der Waals surface area (Å²) < 4.78 is 20.0. The summed E-state index contributed by atoms with van der Waals surface area (Å²) in [5.41, 5.74) is -0.543. The molecule has 5 heteroatoms. The standard InChI is InChI=1S/C30H44O4Si/c1-5-6-13-25-22-30(23-31)28(33-25)19-18-24(34-30)20-21-32-35(29(2,3)4,26-14-9-7-10-15-26)27-16-11-8-12-17-27/h7-12,14-17,24-25,28,31H,5-6,13,18-23H2,1-4H3/t24-,25+,28+,30-/m1/s1. The molecular weight excluding hydrogens is 452 g/mol. The fraction of sp³-hybridized carbons (Fsp3) is 0.600. The van der Waals surface area contributed by atoms with Crippen LogP contribution in [0.2, 0.25) is 5.04 Å². The zero-order valence-electron chi connectivity index (χ0n) is 22.0. The Hall–Kier alpha value is -1.50. The third-order valence-corrected chi connectivity index (χ3v) is 13.0. The number of benzene rings is 2. The van der Waals surface area contributed by atoms with Gasteiger partial charge >= 0.3 is 0 Å². The molecule has 4 atom stereocenters. The minimum Gasteiger partial charge on any atom is -0.407 e. The van der Waals surface area contributed by atoms with E-state index in [1.807, 2.05) is 0 Å². The average Bonchev–Trinajstić information content (AvgIpc) is 3.24. The lowest BCUT2D eigenvalue weighted by atomic mass is 9.86. The van der Waals surface area contributed by atoms with Crippen LogP contribution in [0.4, 0.5) is 0 Å². The molecule has 2 aliphatic rings. The minimum atomic E-state index is -2.54. The van der Waals surface area contributed by atoms with Crippen molar-refractivity contribution in [3.8, 4) is 0 Å². The molecule has 0 amide bonds. The van der Waals surface area contributed by atoms with Crippen LogP contribution >= 0.6 is 0 Å². The molecule has 2 aromatic rings. The van der Waals surface area contributed by atoms with Crippen LogP contribution < -0.4 is 10.4 Å². The summed E-state index contributed by atoms with van der Waals surface area (Å²) in [4.78, 5) is 0. The minimum absolute atomic E-state index is 0.0169. The quantitative estimate of drug-likeness (QED) is 0.459. The van der Waals surface area contributed by atoms with Gasteiger partial charge < -0.3 is 19.0 Å². The molecule has 2 fully saturated rings. The number of fused-ring (bicyclic) bond motifs is 1. The first-order valence-corrected chi connectivity index (χ1v) is 15.4. The van der Waals surface area contributed by atoms with Gasteiger partial charge in [-0.15, -0.1) is 0 Å². The van der Waals surface area contributed by atoms with Gasteiger partial charge in [-0.1, -0.05) is 101 Å². The van der Waals surface area contributed by atoms with E-state index in [0.717, 1.165) is 38.5 Å². The smallest absolute Gasteiger partial charge is 0.261 e. The van der Waals surface area contributed by atoms with Crippen molar-refractivity contribution in [3.05, 3.63) is 60.7 Å². The van der Waals surface area contributed by atoms with Crippen molar-refractivity contribution >= 4 is 18.7 Å². The fourth-order valence-corrected chi connectivity index (χ4v) is 10.8. The number of unbranched alkanes of at least 4 members (excludes halogenated alkanes) is 1. The summed E-state index contributed by atoms with van der Waals surface area (Å²) in [6, 6.07) is 21.6. The molecule has 0 spiro atoms. The second kappa shape index (κ2) is 11.3. The second-order valence-corrected chi connectivity index (χ2v) is 15.7. The Morgan fingerprint density at radius 3 is 2.11 bits per heavy atom. The molecule has 4 nitrogen and oxygen atoms in total. The Morgan fingerprint density at radius 1 is 0.943 bits per heavy atom. The SMILES string of the molecule is CCCC[C@H]1C[C@]2(CO)O[C@@H](CCO[Si](c3ccccc3)(c3ccccc3)C(C)(C)C)CC[C@@H]2O1. The molecule has 4 rings (SSSR count). The Labute approximate surface area is 213 Å². The number of hydrogen-bond donors (Lipinski definition) is 1. The topological polar surface area (TPSA) is 47.9 Å². The fourth-order valence-electron chi connectivity index (χ4n) is 6.22. The van der Waals surface area contributed by atoms with Gasteiger partial charge in [0.15, 0.2) is 0 Å². The normalized spacial score (nSPS) is 27.1. The molecule has 0 saturated carbocycles. The van der Waals surface area contributed by atoms with Gasteiger partial charge in [0, 0.05) is 13.0 Å². The maximum atomic E-state index is 10.3. The Morgan fingerprint density at radius 2 is 1.57 bits per heavy atom. The van der Waals surface area contributed by atoms with Gasteiger partial charge in [0.2, 0.25) is 0 Å². The highest BCUT2D eigenvalue weighted by molar-refractivity contribution is 6.99. The van der Waals surface area contributed by atoms with Crippen molar-refractivity contribution in [2.75, 3.05) is 13.2 Å². The van der Waals surface area contributed by atoms with E-state index in [-0.39, 0.29) is 30.0 Å². The molecule has 35 heavy (non-hydrogen) atoms. The van der Waals surface area contributed by atoms with Crippen LogP contribution in [0.15, 0.2) is 60.7 Å². The lowest BCUT2D eigenvalue weighted by molar-refractivity contribution is -0.185. The van der Waals surface area contributed by atoms with Crippen molar-refractivity contribution < 1.29 is 19.0 Å². The van der Waals surface area contributed by atoms with Gasteiger partial charge in [-0.25, -0.2) is 0 Å². The van der Waals surface area contributed by atoms with Crippen LogP contribution in [0.3, 0.4) is 0 Å². The molecule has 2 saturated heterocycles. The summed E-state index contributed by atoms with van der Waals surface area (Å²) >= 11 is 0. The van der Waals surface area contributed by atoms with Gasteiger partial charge in [0.05, 0.1) is 24.9 Å². The number of rotatable bonds is 10. The molecule has 0 aromatic heterocycles. The first-order chi connectivity index (χ1) is 16.8. The van der Waals surface area contributed by atoms with Gasteiger partial charge in [0.1, 0.15) is 5.60 Å². The number of aliphatic hydroxyl groups excluding tert-OH is 1. The molecule has 2 heterocycles. The van der Waals surface area contributed by atoms with Crippen molar-refractivity contribution in [2.45, 2.75) is 102 Å². The Kier molecular flexibility index (Phi) is 8.55. The largest absolute Gasteiger partial charge is 0.407 e. The molecule has 192 valence electrons. The average molecular weight is 497 g/mol. The summed E-state index contributed by atoms with van der Waals surface area (Å²) in [5.74, 6) is 0. The monoisotopic (exact) mass is 496 g/mol. The van der Waals surface area contributed by atoms with Gasteiger partial charge in [-0.05, 0) is 41.1 Å². The van der Waals surface area contributed by atoms with Crippen LogP contribution in [0.1, 0.15) is 72.6 Å². The first kappa shape index (κ1) is 26.6. The van der Waals surface area contributed by atoms with Gasteiger partial charge in [-0.3, -0.25) is 0 Å². The third-order valence-electron chi connectivity index (χ3n) is 7.99. The molecule has 0 aliphatic carbocycles. The lowest BCUT2D eigenvalue weighted by Gasteiger charge is -2.44. The number of aliphatic hydroxyl groups is 1. The van der Waals surface area contributed by atoms with Crippen LogP contribution in [0.25, 0.3) is 0 Å². The Balaban J connectivity index is 1.50. The highest BCUT2D eigenvalue weighted by atomic mass is 28.4. The Bertz CT molecular complexity index is 873. The van der Waals surface area contributed by atoms with Crippen molar-refractivity contribution in [1.29, 1.82) is 0 Å². The molecule has 0 radical (unpaired) electrons. The summed E-state index contributed by atoms with van der Waals surface area (Å²) in [7, 11) is -2.54. The maximum absolute atomic E-state index is 10.3. The predicted octanol–water partition coefficient (Wildman–Crippen LogP) is 5.21. The molecule has 2 aromatic carbocycles. The molecule has 0 unspecified atom stereocenters. The second-order valence-electron chi connectivity index (χ2n) is 11.4. The van der Waals surface area contributed by atoms with E-state index in [2.05, 4.69) is 88.4 Å². The summed E-state index contributed by atoms with van der Waals surface area (Å²) in [5, 5.41) is 12.9. The van der Waals surface area contributed by atoms with E-state index in [0.29, 0.717) is 6.61 Å². The summed E-state index contributed by atoms with van der Waals surface area (Å²) in [6.07, 6.45) is 7.24. The maximum Gasteiger partial charge on any atom is 0.261 e. The highest BCUT2D eigenvalue weighted by Gasteiger charge is 2.53. The van der Waals surface area contributed by atoms with E-state index in [1.165, 1.54) is 16.8 Å². The molecule has 1 N–H and O–H groups in total. The van der Waals surface area contributed by atoms with Gasteiger partial charge in [0.25, 0.3) is 8.32 Å². The van der Waals surface area contributed by atoms with E-state index in [9.17, 15) is 5.11 Å². The molecule has 0 bridgehead atoms. The summed E-state index contributed by atoms with van der Waals surface area (Å²) in [6.45, 7) is 9.83. The van der Waals surface area contributed by atoms with E-state index < -0.39 is 13.9 Å². The predicted molar refractivity (Wildman–Crippen MR) is 145 cm³/mol. The highest BCUT2D eigenvalue weighted by Crippen LogP contribution is 2.43. The van der Waals surface area contributed by atoms with Crippen LogP contribution in [-0.4, -0.2) is 50.6 Å². The van der Waals surface area contributed by atoms with Crippen molar-refractivity contribution in [2.24, 2.45) is 0 Å². The molecular formula is C30H44O4Si. The van der Waals surface area contributed by atoms with E-state index in [4.69, 9.17) is 13.9 Å². The number of hydrogen-bond acceptors (Lipinski definition) is 4. The molecule has 2 aliphatic heterocycles. The lowest BCUT2D eigenvalue weighted by Crippen LogP contribution is -2.66. The number of ether oxygens (including phenoxy) is 2. The van der Waals surface area contributed by atoms with Crippen LogP contribution in [-0.2, 0) is 13.9 Å². The zero-order chi connectivity index (χ0) is 24.9. The van der Waals surface area contributed by atoms with Gasteiger partial charge in [-0.2, -0.15) is 0 Å². The zero-order valence-corrected chi connectivity index (χ0v) is 23.0. The van der Waals surface area contributed by atoms with E-state index in [1.54, 1.807) is 0 Å². The van der Waals surface area contributed by atoms with Crippen molar-refractivity contribution in [1.82, 2.24) is 0 Å². The van der Waals surface area contributed by atoms with E-state index >= 15 is 0 Å².